The maximum Gasteiger partial charge on any atom is 0.459 e. The van der Waals surface area contributed by atoms with Crippen LogP contribution in [0.1, 0.15) is 27.2 Å². The van der Waals surface area contributed by atoms with Crippen molar-refractivity contribution in [2.75, 3.05) is 6.61 Å². The molecule has 6 atom stereocenters. The summed E-state index contributed by atoms with van der Waals surface area (Å²) in [7, 11) is -4.83. The fourth-order valence-electron chi connectivity index (χ4n) is 4.46. The molecule has 11 nitrogen and oxygen atoms in total. The van der Waals surface area contributed by atoms with Gasteiger partial charge in [0.05, 0.1) is 19.1 Å². The molecule has 0 spiro atoms. The van der Waals surface area contributed by atoms with Crippen LogP contribution in [-0.4, -0.2) is 76.9 Å². The minimum atomic E-state index is -4.83. The number of hydrogen-bond donors (Lipinski definition) is 2. The summed E-state index contributed by atoms with van der Waals surface area (Å²) in [6, 6.07) is 10.1. The Balaban J connectivity index is 1.66. The smallest absolute Gasteiger partial charge is 0.459 e. The molecule has 4 rings (SSSR count). The van der Waals surface area contributed by atoms with E-state index in [0.29, 0.717) is 15.7 Å². The number of carbonyl (C=O) groups is 3. The predicted molar refractivity (Wildman–Crippen MR) is 147 cm³/mol. The second-order valence-electron chi connectivity index (χ2n) is 10.2. The molecule has 2 aliphatic heterocycles. The van der Waals surface area contributed by atoms with Crippen LogP contribution in [0, 0.1) is 0 Å². The molecule has 234 valence electrons. The van der Waals surface area contributed by atoms with E-state index in [1.165, 1.54) is 13.0 Å². The number of aliphatic hydroxyl groups excluding tert-OH is 1. The minimum absolute atomic E-state index is 0.0186. The molecule has 2 N–H and O–H groups in total. The predicted octanol–water partition coefficient (Wildman–Crippen LogP) is 4.21. The van der Waals surface area contributed by atoms with E-state index in [1.54, 1.807) is 50.2 Å². The van der Waals surface area contributed by atoms with Crippen LogP contribution >= 0.6 is 19.3 Å². The van der Waals surface area contributed by atoms with E-state index in [4.69, 9.17) is 30.1 Å². The highest BCUT2D eigenvalue weighted by atomic mass is 35.5. The normalized spacial score (nSPS) is 26.5. The van der Waals surface area contributed by atoms with Crippen molar-refractivity contribution in [1.29, 1.82) is 0 Å². The number of alkyl halides is 3. The average Bonchev–Trinajstić information content (AvgIpc) is 3.20. The van der Waals surface area contributed by atoms with Crippen molar-refractivity contribution in [3.8, 4) is 5.75 Å². The lowest BCUT2D eigenvalue weighted by atomic mass is 9.98. The molecular weight excluding hydrogens is 620 g/mol. The van der Waals surface area contributed by atoms with Crippen LogP contribution in [0.25, 0.3) is 10.8 Å². The van der Waals surface area contributed by atoms with Crippen molar-refractivity contribution in [3.63, 3.8) is 0 Å². The molecular formula is C27H29ClF3N2O9P. The largest absolute Gasteiger partial charge is 0.462 e. The first kappa shape index (κ1) is 32.9. The van der Waals surface area contributed by atoms with Gasteiger partial charge in [-0.15, -0.1) is 0 Å². The van der Waals surface area contributed by atoms with Crippen LogP contribution in [0.2, 0.25) is 0 Å². The van der Waals surface area contributed by atoms with Crippen LogP contribution in [0.3, 0.4) is 0 Å². The Hall–Kier alpha value is -3.00. The van der Waals surface area contributed by atoms with Crippen LogP contribution in [0.5, 0.6) is 5.75 Å². The van der Waals surface area contributed by atoms with E-state index in [-0.39, 0.29) is 5.75 Å². The van der Waals surface area contributed by atoms with Gasteiger partial charge in [-0.3, -0.25) is 23.8 Å². The molecule has 0 saturated carbocycles. The maximum atomic E-state index is 15.5. The molecule has 2 aliphatic rings. The molecule has 0 aromatic heterocycles. The molecule has 0 bridgehead atoms. The average molecular weight is 649 g/mol. The van der Waals surface area contributed by atoms with Crippen LogP contribution in [0.4, 0.5) is 13.2 Å². The number of carbonyl (C=O) groups excluding carboxylic acids is 3. The maximum absolute atomic E-state index is 15.5. The van der Waals surface area contributed by atoms with E-state index in [0.717, 1.165) is 6.20 Å². The Morgan fingerprint density at radius 3 is 2.56 bits per heavy atom. The van der Waals surface area contributed by atoms with Gasteiger partial charge in [0.1, 0.15) is 22.9 Å². The lowest BCUT2D eigenvalue weighted by Gasteiger charge is -2.33. The number of rotatable bonds is 11. The number of amides is 1. The zero-order valence-corrected chi connectivity index (χ0v) is 24.8. The molecule has 0 aliphatic carbocycles. The summed E-state index contributed by atoms with van der Waals surface area (Å²) < 4.78 is 80.1. The summed E-state index contributed by atoms with van der Waals surface area (Å²) in [5.41, 5.74) is -3.27. The van der Waals surface area contributed by atoms with E-state index >= 15 is 4.39 Å². The molecule has 1 saturated heterocycles. The number of ether oxygens (including phenoxy) is 2. The van der Waals surface area contributed by atoms with Gasteiger partial charge < -0.3 is 19.1 Å². The summed E-state index contributed by atoms with van der Waals surface area (Å²) in [5.74, 6) is -2.64. The summed E-state index contributed by atoms with van der Waals surface area (Å²) in [6.07, 6.45) is -11.5. The number of Topliss-reactive ketones (excluding diaryl/α,β-unsaturated/α-hetero) is 1. The molecule has 43 heavy (non-hydrogen) atoms. The van der Waals surface area contributed by atoms with Gasteiger partial charge in [-0.05, 0) is 32.2 Å². The SMILES string of the molecule is CC(C)OC(=O)[C@H](C)NP(=O)(OC[C@@]1(C(F)F)O[C@@H](N2C=C(Cl)C(=O)CC2=O)[C@H](O)[C@H]1F)Oc1cccc2ccccc12. The molecule has 16 heteroatoms. The molecule has 2 aromatic rings. The van der Waals surface area contributed by atoms with Crippen LogP contribution < -0.4 is 9.61 Å². The first-order valence-electron chi connectivity index (χ1n) is 13.1. The molecule has 1 fully saturated rings. The Morgan fingerprint density at radius 2 is 1.88 bits per heavy atom. The van der Waals surface area contributed by atoms with Gasteiger partial charge in [0, 0.05) is 11.6 Å². The Labute approximate surface area is 249 Å². The summed E-state index contributed by atoms with van der Waals surface area (Å²) in [5, 5.41) is 13.5. The number of ketones is 1. The van der Waals surface area contributed by atoms with Crippen molar-refractivity contribution >= 4 is 47.8 Å². The number of halogens is 4. The number of benzene rings is 2. The fourth-order valence-corrected chi connectivity index (χ4v) is 6.18. The van der Waals surface area contributed by atoms with Crippen LogP contribution in [0.15, 0.2) is 53.7 Å². The van der Waals surface area contributed by atoms with Gasteiger partial charge in [-0.2, -0.15) is 5.09 Å². The number of nitrogens with one attached hydrogen (secondary N) is 1. The van der Waals surface area contributed by atoms with Crippen molar-refractivity contribution in [2.45, 2.75) is 69.9 Å². The number of fused-ring (bicyclic) bond motifs is 1. The second kappa shape index (κ2) is 12.9. The first-order chi connectivity index (χ1) is 20.2. The Kier molecular flexibility index (Phi) is 9.89. The molecule has 1 amide bonds. The topological polar surface area (TPSA) is 141 Å². The highest BCUT2D eigenvalue weighted by molar-refractivity contribution is 7.52. The van der Waals surface area contributed by atoms with E-state index in [1.807, 2.05) is 0 Å². The zero-order chi connectivity index (χ0) is 31.7. The summed E-state index contributed by atoms with van der Waals surface area (Å²) >= 11 is 5.78. The highest BCUT2D eigenvalue weighted by Gasteiger charge is 2.64. The van der Waals surface area contributed by atoms with E-state index in [9.17, 15) is 32.8 Å². The fraction of sp³-hybridized carbons (Fsp3) is 0.444. The van der Waals surface area contributed by atoms with Crippen molar-refractivity contribution in [1.82, 2.24) is 9.99 Å². The monoisotopic (exact) mass is 648 g/mol. The van der Waals surface area contributed by atoms with Crippen molar-refractivity contribution < 1.29 is 55.7 Å². The highest BCUT2D eigenvalue weighted by Crippen LogP contribution is 2.50. The van der Waals surface area contributed by atoms with E-state index < -0.39 is 86.1 Å². The number of nitrogens with zero attached hydrogens (tertiary/aromatic N) is 1. The molecule has 0 radical (unpaired) electrons. The van der Waals surface area contributed by atoms with Gasteiger partial charge in [0.2, 0.25) is 5.91 Å². The zero-order valence-electron chi connectivity index (χ0n) is 23.1. The van der Waals surface area contributed by atoms with Crippen molar-refractivity contribution in [2.24, 2.45) is 0 Å². The molecule has 2 aromatic carbocycles. The third kappa shape index (κ3) is 6.89. The van der Waals surface area contributed by atoms with Gasteiger partial charge >= 0.3 is 13.7 Å². The van der Waals surface area contributed by atoms with Gasteiger partial charge in [0.25, 0.3) is 6.43 Å². The van der Waals surface area contributed by atoms with Crippen molar-refractivity contribution in [3.05, 3.63) is 53.7 Å². The lowest BCUT2D eigenvalue weighted by Crippen LogP contribution is -2.51. The number of aliphatic hydroxyl groups is 1. The Morgan fingerprint density at radius 1 is 1.21 bits per heavy atom. The molecule has 1 unspecified atom stereocenters. The Bertz CT molecular complexity index is 1470. The standard InChI is InChI=1S/C27H29ClF3N2O9P/c1-14(2)40-25(37)15(3)32-43(38,42-20-10-6-8-16-7-4-5-9-17(16)20)39-13-27(26(30)31)23(29)22(36)24(41-27)33-12-18(28)19(34)11-21(33)35/h4-10,12,14-15,22-24,26,36H,11,13H2,1-3H3,(H,32,38)/t15-,22+,23+,24+,27+,43?/m0/s1. The van der Waals surface area contributed by atoms with Gasteiger partial charge in [0.15, 0.2) is 23.8 Å². The van der Waals surface area contributed by atoms with Crippen LogP contribution in [-0.2, 0) is 32.9 Å². The number of hydrogen-bond acceptors (Lipinski definition) is 9. The first-order valence-corrected chi connectivity index (χ1v) is 15.0. The van der Waals surface area contributed by atoms with E-state index in [2.05, 4.69) is 5.09 Å². The second-order valence-corrected chi connectivity index (χ2v) is 12.3. The number of esters is 1. The van der Waals surface area contributed by atoms with Gasteiger partial charge in [-0.1, -0.05) is 48.0 Å². The number of allylic oxidation sites excluding steroid dienone is 1. The summed E-state index contributed by atoms with van der Waals surface area (Å²) in [6.45, 7) is 2.94. The lowest BCUT2D eigenvalue weighted by molar-refractivity contribution is -0.193. The molecule has 2 heterocycles. The minimum Gasteiger partial charge on any atom is -0.462 e. The summed E-state index contributed by atoms with van der Waals surface area (Å²) in [4.78, 5) is 37.2. The quantitative estimate of drug-likeness (QED) is 0.207. The van der Waals surface area contributed by atoms with Gasteiger partial charge in [-0.25, -0.2) is 17.7 Å². The third-order valence-electron chi connectivity index (χ3n) is 6.65. The third-order valence-corrected chi connectivity index (χ3v) is 8.56.